The number of hydrogen-bond acceptors (Lipinski definition) is 3. The normalized spacial score (nSPS) is 25.7. The molecule has 2 atom stereocenters. The van der Waals surface area contributed by atoms with Crippen LogP contribution in [-0.2, 0) is 21.2 Å². The third-order valence-corrected chi connectivity index (χ3v) is 15.9. The third-order valence-electron chi connectivity index (χ3n) is 11.5. The minimum atomic E-state index is -2.01. The van der Waals surface area contributed by atoms with E-state index in [1.54, 1.807) is 0 Å². The summed E-state index contributed by atoms with van der Waals surface area (Å²) in [6.45, 7) is 21.4. The number of hydrogen-bond donors (Lipinski definition) is 0. The van der Waals surface area contributed by atoms with Crippen molar-refractivity contribution in [3.05, 3.63) is 63.5 Å². The predicted molar refractivity (Wildman–Crippen MR) is 172 cm³/mol. The minimum Gasteiger partial charge on any atom is -0.410 e. The molecule has 0 N–H and O–H groups in total. The molecule has 1 spiro atoms. The Morgan fingerprint density at radius 3 is 2.17 bits per heavy atom. The predicted octanol–water partition coefficient (Wildman–Crippen LogP) is 10.8. The minimum absolute atomic E-state index is 0.0267. The Kier molecular flexibility index (Phi) is 7.43. The highest BCUT2D eigenvalue weighted by Crippen LogP contribution is 2.61. The van der Waals surface area contributed by atoms with Crippen molar-refractivity contribution < 1.29 is 9.16 Å². The first-order valence-electron chi connectivity index (χ1n) is 16.7. The lowest BCUT2D eigenvalue weighted by Gasteiger charge is -2.45. The molecule has 2 saturated carbocycles. The quantitative estimate of drug-likeness (QED) is 0.333. The maximum Gasteiger partial charge on any atom is 0.192 e. The Bertz CT molecular complexity index is 1270. The molecule has 0 saturated heterocycles. The fourth-order valence-corrected chi connectivity index (χ4v) is 9.41. The van der Waals surface area contributed by atoms with Gasteiger partial charge in [0, 0.05) is 22.7 Å². The molecule has 224 valence electrons. The van der Waals surface area contributed by atoms with Gasteiger partial charge in [0.1, 0.15) is 6.10 Å². The van der Waals surface area contributed by atoms with E-state index in [0.29, 0.717) is 11.8 Å². The fraction of sp³-hybridized carbons (Fsp3) is 0.703. The monoisotopic (exact) mass is 573 g/mol. The van der Waals surface area contributed by atoms with Crippen LogP contribution in [0.25, 0.3) is 0 Å². The summed E-state index contributed by atoms with van der Waals surface area (Å²) in [5.41, 5.74) is 9.78. The molecule has 0 radical (unpaired) electrons. The molecular formula is C37H55NO2Si. The van der Waals surface area contributed by atoms with Crippen molar-refractivity contribution in [2.75, 3.05) is 0 Å². The Labute approximate surface area is 251 Å². The number of ether oxygens (including phenoxy) is 1. The maximum atomic E-state index is 7.45. The lowest BCUT2D eigenvalue weighted by molar-refractivity contribution is -0.0579. The van der Waals surface area contributed by atoms with Crippen molar-refractivity contribution in [1.29, 1.82) is 0 Å². The summed E-state index contributed by atoms with van der Waals surface area (Å²) in [6, 6.07) is 9.36. The van der Waals surface area contributed by atoms with E-state index in [0.717, 1.165) is 25.7 Å². The van der Waals surface area contributed by atoms with Crippen molar-refractivity contribution in [2.24, 2.45) is 5.41 Å². The molecule has 1 aliphatic heterocycles. The lowest BCUT2D eigenvalue weighted by Crippen LogP contribution is -2.44. The topological polar surface area (TPSA) is 31.4 Å². The maximum absolute atomic E-state index is 7.45. The van der Waals surface area contributed by atoms with E-state index in [4.69, 9.17) is 14.1 Å². The zero-order valence-electron chi connectivity index (χ0n) is 27.5. The SMILES string of the molecule is CC(C)c1ccc([C@H]2OC3(CCCC3)c3c4c(nc(C5CCCC5)c32)CC(C)(C)CC4O[Si](C)(C)C(C)(C)C)cc1. The highest BCUT2D eigenvalue weighted by atomic mass is 28.4. The first-order valence-corrected chi connectivity index (χ1v) is 19.6. The molecule has 1 aromatic heterocycles. The molecule has 1 unspecified atom stereocenters. The van der Waals surface area contributed by atoms with E-state index in [2.05, 4.69) is 85.8 Å². The number of benzene rings is 1. The first-order chi connectivity index (χ1) is 19.2. The molecule has 0 amide bonds. The highest BCUT2D eigenvalue weighted by molar-refractivity contribution is 6.74. The standard InChI is InChI=1S/C37H55NO2Si/c1-24(2)25-16-18-27(19-17-25)34-31-32(37(39-34)20-12-13-21-37)30-28(38-33(31)26-14-10-11-15-26)22-36(6,7)23-29(30)40-41(8,9)35(3,4)5/h16-19,24,26,29,34H,10-15,20-23H2,1-9H3/t29?,34-/m1/s1. The van der Waals surface area contributed by atoms with Crippen molar-refractivity contribution in [3.8, 4) is 0 Å². The largest absolute Gasteiger partial charge is 0.410 e. The summed E-state index contributed by atoms with van der Waals surface area (Å²) in [4.78, 5) is 5.74. The van der Waals surface area contributed by atoms with Crippen molar-refractivity contribution in [1.82, 2.24) is 4.98 Å². The van der Waals surface area contributed by atoms with Crippen LogP contribution in [0.5, 0.6) is 0 Å². The van der Waals surface area contributed by atoms with E-state index in [-0.39, 0.29) is 28.3 Å². The second-order valence-corrected chi connectivity index (χ2v) is 21.3. The van der Waals surface area contributed by atoms with E-state index >= 15 is 0 Å². The number of pyridine rings is 1. The van der Waals surface area contributed by atoms with Gasteiger partial charge in [0.2, 0.25) is 0 Å². The van der Waals surface area contributed by atoms with Gasteiger partial charge in [-0.15, -0.1) is 0 Å². The molecule has 0 bridgehead atoms. The van der Waals surface area contributed by atoms with Gasteiger partial charge in [0.25, 0.3) is 0 Å². The molecular weight excluding hydrogens is 518 g/mol. The third kappa shape index (κ3) is 5.18. The first kappa shape index (κ1) is 29.6. The van der Waals surface area contributed by atoms with Gasteiger partial charge in [-0.3, -0.25) is 4.98 Å². The number of rotatable bonds is 5. The van der Waals surface area contributed by atoms with Gasteiger partial charge < -0.3 is 9.16 Å². The van der Waals surface area contributed by atoms with Crippen molar-refractivity contribution in [3.63, 3.8) is 0 Å². The molecule has 2 heterocycles. The molecule has 1 aromatic carbocycles. The molecule has 3 aliphatic carbocycles. The van der Waals surface area contributed by atoms with Gasteiger partial charge in [-0.1, -0.05) is 98.4 Å². The van der Waals surface area contributed by atoms with Crippen LogP contribution in [0.15, 0.2) is 24.3 Å². The Morgan fingerprint density at radius 2 is 1.59 bits per heavy atom. The molecule has 6 rings (SSSR count). The van der Waals surface area contributed by atoms with Crippen LogP contribution in [0.1, 0.15) is 170 Å². The Balaban J connectivity index is 1.59. The van der Waals surface area contributed by atoms with E-state index in [1.807, 2.05) is 0 Å². The summed E-state index contributed by atoms with van der Waals surface area (Å²) in [6.07, 6.45) is 12.1. The Hall–Kier alpha value is -1.49. The second kappa shape index (κ2) is 10.3. The van der Waals surface area contributed by atoms with Gasteiger partial charge in [-0.25, -0.2) is 0 Å². The number of nitrogens with zero attached hydrogens (tertiary/aromatic N) is 1. The van der Waals surface area contributed by atoms with E-state index in [1.165, 1.54) is 77.7 Å². The summed E-state index contributed by atoms with van der Waals surface area (Å²) < 4.78 is 14.9. The number of fused-ring (bicyclic) bond motifs is 4. The summed E-state index contributed by atoms with van der Waals surface area (Å²) in [5, 5.41) is 0.164. The van der Waals surface area contributed by atoms with E-state index in [9.17, 15) is 0 Å². The van der Waals surface area contributed by atoms with Crippen LogP contribution < -0.4 is 0 Å². The molecule has 2 fully saturated rings. The highest BCUT2D eigenvalue weighted by Gasteiger charge is 2.54. The molecule has 41 heavy (non-hydrogen) atoms. The van der Waals surface area contributed by atoms with Gasteiger partial charge in [-0.05, 0) is 84.7 Å². The smallest absolute Gasteiger partial charge is 0.192 e. The van der Waals surface area contributed by atoms with Gasteiger partial charge in [0.15, 0.2) is 8.32 Å². The van der Waals surface area contributed by atoms with Crippen molar-refractivity contribution >= 4 is 8.32 Å². The van der Waals surface area contributed by atoms with Gasteiger partial charge in [-0.2, -0.15) is 0 Å². The molecule has 4 aliphatic rings. The van der Waals surface area contributed by atoms with E-state index < -0.39 is 8.32 Å². The van der Waals surface area contributed by atoms with Crippen LogP contribution in [0.2, 0.25) is 18.1 Å². The van der Waals surface area contributed by atoms with Gasteiger partial charge in [0.05, 0.1) is 17.4 Å². The van der Waals surface area contributed by atoms with Crippen LogP contribution in [0.4, 0.5) is 0 Å². The lowest BCUT2D eigenvalue weighted by atomic mass is 9.70. The summed E-state index contributed by atoms with van der Waals surface area (Å²) in [7, 11) is -2.01. The van der Waals surface area contributed by atoms with Crippen molar-refractivity contribution in [2.45, 2.75) is 160 Å². The average Bonchev–Trinajstić information content (AvgIpc) is 3.64. The number of aromatic nitrogens is 1. The molecule has 3 nitrogen and oxygen atoms in total. The van der Waals surface area contributed by atoms with Gasteiger partial charge >= 0.3 is 0 Å². The van der Waals surface area contributed by atoms with Crippen LogP contribution in [0.3, 0.4) is 0 Å². The van der Waals surface area contributed by atoms with Crippen LogP contribution in [-0.4, -0.2) is 13.3 Å². The molecule has 4 heteroatoms. The average molecular weight is 574 g/mol. The summed E-state index contributed by atoms with van der Waals surface area (Å²) >= 11 is 0. The van der Waals surface area contributed by atoms with Crippen LogP contribution >= 0.6 is 0 Å². The van der Waals surface area contributed by atoms with Crippen LogP contribution in [0, 0.1) is 5.41 Å². The zero-order valence-corrected chi connectivity index (χ0v) is 28.5. The molecule has 2 aromatic rings. The Morgan fingerprint density at radius 1 is 0.951 bits per heavy atom. The zero-order chi connectivity index (χ0) is 29.4. The summed E-state index contributed by atoms with van der Waals surface area (Å²) in [5.74, 6) is 1.08. The second-order valence-electron chi connectivity index (χ2n) is 16.6. The fourth-order valence-electron chi connectivity index (χ4n) is 8.14.